The molecule has 1 saturated heterocycles. The number of nitrogens with zero attached hydrogens (tertiary/aromatic N) is 1. The molecular weight excluding hydrogens is 254 g/mol. The van der Waals surface area contributed by atoms with E-state index in [2.05, 4.69) is 69.9 Å². The maximum Gasteiger partial charge on any atom is 0.0366 e. The van der Waals surface area contributed by atoms with Crippen LogP contribution in [-0.2, 0) is 0 Å². The maximum absolute atomic E-state index is 2.55. The van der Waals surface area contributed by atoms with E-state index in [1.165, 1.54) is 44.5 Å². The van der Waals surface area contributed by atoms with Crippen LogP contribution in [0.2, 0.25) is 0 Å². The largest absolute Gasteiger partial charge is 0.372 e. The molecule has 1 aromatic carbocycles. The van der Waals surface area contributed by atoms with E-state index in [9.17, 15) is 0 Å². The van der Waals surface area contributed by atoms with Crippen LogP contribution in [0.25, 0.3) is 0 Å². The molecule has 0 aliphatic carbocycles. The molecule has 1 nitrogen and oxygen atoms in total. The minimum absolute atomic E-state index is 0.422. The summed E-state index contributed by atoms with van der Waals surface area (Å²) in [6.45, 7) is 14.7. The third kappa shape index (κ3) is 3.44. The smallest absolute Gasteiger partial charge is 0.0366 e. The zero-order valence-corrected chi connectivity index (χ0v) is 14.7. The van der Waals surface area contributed by atoms with Gasteiger partial charge in [0.05, 0.1) is 0 Å². The molecule has 1 fully saturated rings. The van der Waals surface area contributed by atoms with E-state index >= 15 is 0 Å². The van der Waals surface area contributed by atoms with Crippen LogP contribution >= 0.6 is 0 Å². The number of para-hydroxylation sites is 1. The van der Waals surface area contributed by atoms with E-state index in [1.54, 1.807) is 0 Å². The van der Waals surface area contributed by atoms with Crippen molar-refractivity contribution < 1.29 is 0 Å². The topological polar surface area (TPSA) is 3.24 Å². The third-order valence-corrected chi connectivity index (χ3v) is 6.26. The highest BCUT2D eigenvalue weighted by Gasteiger charge is 2.43. The predicted octanol–water partition coefficient (Wildman–Crippen LogP) is 5.76. The quantitative estimate of drug-likeness (QED) is 0.666. The van der Waals surface area contributed by atoms with Crippen molar-refractivity contribution in [1.82, 2.24) is 0 Å². The van der Waals surface area contributed by atoms with E-state index < -0.39 is 0 Å². The Kier molecular flexibility index (Phi) is 5.01. The van der Waals surface area contributed by atoms with Crippen LogP contribution in [0.1, 0.15) is 60.3 Å². The Morgan fingerprint density at radius 1 is 1.00 bits per heavy atom. The highest BCUT2D eigenvalue weighted by Crippen LogP contribution is 2.50. The number of hydrogen-bond acceptors (Lipinski definition) is 1. The van der Waals surface area contributed by atoms with Crippen LogP contribution in [0.15, 0.2) is 30.3 Å². The second kappa shape index (κ2) is 6.42. The minimum atomic E-state index is 0.422. The molecule has 0 atom stereocenters. The second-order valence-corrected chi connectivity index (χ2v) is 7.95. The van der Waals surface area contributed by atoms with Crippen molar-refractivity contribution in [2.75, 3.05) is 18.0 Å². The minimum Gasteiger partial charge on any atom is -0.372 e. The van der Waals surface area contributed by atoms with Gasteiger partial charge < -0.3 is 4.90 Å². The monoisotopic (exact) mass is 287 g/mol. The number of piperidine rings is 1. The summed E-state index contributed by atoms with van der Waals surface area (Å²) in [5.41, 5.74) is 2.24. The SMILES string of the molecule is CCCC(C)(C)C(C)(C)C1CCN(c2ccccc2)CC1. The summed E-state index contributed by atoms with van der Waals surface area (Å²) in [5.74, 6) is 0.846. The molecule has 0 saturated carbocycles. The van der Waals surface area contributed by atoms with Crippen molar-refractivity contribution in [3.05, 3.63) is 30.3 Å². The van der Waals surface area contributed by atoms with Gasteiger partial charge in [-0.05, 0) is 48.1 Å². The molecule has 1 aromatic rings. The van der Waals surface area contributed by atoms with Crippen LogP contribution in [0.4, 0.5) is 5.69 Å². The van der Waals surface area contributed by atoms with Crippen molar-refractivity contribution in [2.24, 2.45) is 16.7 Å². The number of anilines is 1. The molecular formula is C20H33N. The predicted molar refractivity (Wildman–Crippen MR) is 93.8 cm³/mol. The van der Waals surface area contributed by atoms with Crippen LogP contribution in [-0.4, -0.2) is 13.1 Å². The molecule has 0 amide bonds. The first kappa shape index (κ1) is 16.4. The van der Waals surface area contributed by atoms with Gasteiger partial charge in [0.25, 0.3) is 0 Å². The van der Waals surface area contributed by atoms with Gasteiger partial charge in [0, 0.05) is 18.8 Å². The fraction of sp³-hybridized carbons (Fsp3) is 0.700. The van der Waals surface area contributed by atoms with Gasteiger partial charge in [-0.15, -0.1) is 0 Å². The standard InChI is InChI=1S/C20H33N/c1-6-14-19(2,3)20(4,5)17-12-15-21(16-13-17)18-10-8-7-9-11-18/h7-11,17H,6,12-16H2,1-5H3. The van der Waals surface area contributed by atoms with E-state index in [1.807, 2.05) is 0 Å². The summed E-state index contributed by atoms with van der Waals surface area (Å²) in [6.07, 6.45) is 5.28. The molecule has 1 heteroatoms. The van der Waals surface area contributed by atoms with Crippen molar-refractivity contribution in [3.8, 4) is 0 Å². The second-order valence-electron chi connectivity index (χ2n) is 7.95. The Hall–Kier alpha value is -0.980. The van der Waals surface area contributed by atoms with E-state index in [0.29, 0.717) is 10.8 Å². The molecule has 0 radical (unpaired) electrons. The van der Waals surface area contributed by atoms with E-state index in [0.717, 1.165) is 5.92 Å². The van der Waals surface area contributed by atoms with Crippen molar-refractivity contribution in [1.29, 1.82) is 0 Å². The average Bonchev–Trinajstić information content (AvgIpc) is 2.48. The Balaban J connectivity index is 2.00. The fourth-order valence-corrected chi connectivity index (χ4v) is 4.00. The van der Waals surface area contributed by atoms with Gasteiger partial charge in [0.2, 0.25) is 0 Å². The van der Waals surface area contributed by atoms with Crippen molar-refractivity contribution in [2.45, 2.75) is 60.3 Å². The van der Waals surface area contributed by atoms with E-state index in [-0.39, 0.29) is 0 Å². The Morgan fingerprint density at radius 3 is 2.10 bits per heavy atom. The summed E-state index contributed by atoms with van der Waals surface area (Å²) in [5, 5.41) is 0. The highest BCUT2D eigenvalue weighted by molar-refractivity contribution is 5.46. The van der Waals surface area contributed by atoms with E-state index in [4.69, 9.17) is 0 Å². The molecule has 1 aliphatic heterocycles. The first-order valence-corrected chi connectivity index (χ1v) is 8.68. The van der Waals surface area contributed by atoms with Gasteiger partial charge in [-0.25, -0.2) is 0 Å². The summed E-state index contributed by atoms with van der Waals surface area (Å²) in [4.78, 5) is 2.55. The highest BCUT2D eigenvalue weighted by atomic mass is 15.1. The Bertz CT molecular complexity index is 424. The van der Waals surface area contributed by atoms with Gasteiger partial charge in [0.15, 0.2) is 0 Å². The van der Waals surface area contributed by atoms with Gasteiger partial charge >= 0.3 is 0 Å². The Morgan fingerprint density at radius 2 is 1.57 bits per heavy atom. The zero-order valence-electron chi connectivity index (χ0n) is 14.7. The van der Waals surface area contributed by atoms with Crippen LogP contribution in [0.5, 0.6) is 0 Å². The third-order valence-electron chi connectivity index (χ3n) is 6.26. The normalized spacial score (nSPS) is 18.0. The Labute approximate surface area is 131 Å². The van der Waals surface area contributed by atoms with Gasteiger partial charge in [-0.2, -0.15) is 0 Å². The summed E-state index contributed by atoms with van der Waals surface area (Å²) in [7, 11) is 0. The van der Waals surface area contributed by atoms with Crippen LogP contribution in [0, 0.1) is 16.7 Å². The number of benzene rings is 1. The number of rotatable bonds is 5. The number of hydrogen-bond donors (Lipinski definition) is 0. The van der Waals surface area contributed by atoms with Crippen LogP contribution < -0.4 is 4.90 Å². The molecule has 118 valence electrons. The summed E-state index contributed by atoms with van der Waals surface area (Å²) in [6, 6.07) is 10.9. The lowest BCUT2D eigenvalue weighted by Gasteiger charge is -2.50. The maximum atomic E-state index is 2.55. The lowest BCUT2D eigenvalue weighted by atomic mass is 9.57. The molecule has 1 aliphatic rings. The first-order valence-electron chi connectivity index (χ1n) is 8.68. The lowest BCUT2D eigenvalue weighted by molar-refractivity contribution is 0.0183. The molecule has 21 heavy (non-hydrogen) atoms. The van der Waals surface area contributed by atoms with Crippen LogP contribution in [0.3, 0.4) is 0 Å². The van der Waals surface area contributed by atoms with Gasteiger partial charge in [0.1, 0.15) is 0 Å². The van der Waals surface area contributed by atoms with Crippen molar-refractivity contribution >= 4 is 5.69 Å². The summed E-state index contributed by atoms with van der Waals surface area (Å²) >= 11 is 0. The fourth-order valence-electron chi connectivity index (χ4n) is 4.00. The first-order chi connectivity index (χ1) is 9.88. The molecule has 0 N–H and O–H groups in total. The zero-order chi connectivity index (χ0) is 15.5. The molecule has 0 unspecified atom stereocenters. The summed E-state index contributed by atoms with van der Waals surface area (Å²) < 4.78 is 0. The average molecular weight is 287 g/mol. The van der Waals surface area contributed by atoms with Gasteiger partial charge in [-0.3, -0.25) is 0 Å². The molecule has 0 bridgehead atoms. The molecule has 1 heterocycles. The molecule has 0 aromatic heterocycles. The van der Waals surface area contributed by atoms with Gasteiger partial charge in [-0.1, -0.05) is 59.2 Å². The molecule has 2 rings (SSSR count). The van der Waals surface area contributed by atoms with Crippen molar-refractivity contribution in [3.63, 3.8) is 0 Å². The lowest BCUT2D eigenvalue weighted by Crippen LogP contribution is -2.45. The molecule has 0 spiro atoms.